The van der Waals surface area contributed by atoms with Crippen LogP contribution >= 0.6 is 15.9 Å². The van der Waals surface area contributed by atoms with Gasteiger partial charge in [0.25, 0.3) is 5.91 Å². The molecule has 0 atom stereocenters. The third kappa shape index (κ3) is 2.96. The highest BCUT2D eigenvalue weighted by molar-refractivity contribution is 9.10. The number of fused-ring (bicyclic) bond motifs is 1. The fourth-order valence-corrected chi connectivity index (χ4v) is 3.35. The molecule has 1 aromatic carbocycles. The Balaban J connectivity index is 1.60. The van der Waals surface area contributed by atoms with E-state index in [0.29, 0.717) is 11.5 Å². The molecule has 1 aromatic heterocycles. The van der Waals surface area contributed by atoms with Crippen molar-refractivity contribution in [1.82, 2.24) is 4.90 Å². The Morgan fingerprint density at radius 1 is 1.08 bits per heavy atom. The van der Waals surface area contributed by atoms with E-state index in [4.69, 9.17) is 4.42 Å². The van der Waals surface area contributed by atoms with Crippen molar-refractivity contribution in [2.24, 2.45) is 4.99 Å². The zero-order valence-electron chi connectivity index (χ0n) is 13.2. The van der Waals surface area contributed by atoms with Gasteiger partial charge in [-0.25, -0.2) is 4.99 Å². The molecule has 0 aliphatic carbocycles. The number of hydrogen-bond donors (Lipinski definition) is 0. The second-order valence-electron chi connectivity index (χ2n) is 6.03. The highest BCUT2D eigenvalue weighted by Crippen LogP contribution is 2.27. The number of carbonyl (C=O) groups is 1. The number of nitrogens with zero attached hydrogens (tertiary/aromatic N) is 2. The van der Waals surface area contributed by atoms with Crippen molar-refractivity contribution in [3.05, 3.63) is 52.3 Å². The molecule has 1 amide bonds. The Labute approximate surface area is 149 Å². The Morgan fingerprint density at radius 3 is 2.75 bits per heavy atom. The van der Waals surface area contributed by atoms with Crippen LogP contribution < -0.4 is 0 Å². The van der Waals surface area contributed by atoms with Gasteiger partial charge in [-0.3, -0.25) is 9.69 Å². The van der Waals surface area contributed by atoms with E-state index in [1.807, 2.05) is 41.3 Å². The minimum Gasteiger partial charge on any atom is -0.457 e. The largest absolute Gasteiger partial charge is 0.457 e. The first kappa shape index (κ1) is 15.4. The van der Waals surface area contributed by atoms with Crippen LogP contribution in [0.5, 0.6) is 0 Å². The molecule has 2 aliphatic rings. The number of hydrogen-bond acceptors (Lipinski definition) is 3. The molecule has 0 radical (unpaired) electrons. The second kappa shape index (κ2) is 6.40. The monoisotopic (exact) mass is 384 g/mol. The standard InChI is InChI=1S/C19H17BrN2O2/c20-14-7-5-13(6-8-14)17-10-9-15(24-17)12-16-19(23)22-11-3-1-2-4-18(22)21-16/h5-10,12H,1-4,11H2/b16-12-. The normalized spacial score (nSPS) is 19.4. The Kier molecular flexibility index (Phi) is 4.10. The van der Waals surface area contributed by atoms with Crippen LogP contribution in [-0.4, -0.2) is 23.2 Å². The highest BCUT2D eigenvalue weighted by Gasteiger charge is 2.30. The fourth-order valence-electron chi connectivity index (χ4n) is 3.08. The van der Waals surface area contributed by atoms with Crippen LogP contribution in [0.25, 0.3) is 17.4 Å². The lowest BCUT2D eigenvalue weighted by molar-refractivity contribution is -0.122. The molecular formula is C19H17BrN2O2. The molecule has 0 unspecified atom stereocenters. The molecular weight excluding hydrogens is 368 g/mol. The van der Waals surface area contributed by atoms with E-state index in [1.165, 1.54) is 0 Å². The van der Waals surface area contributed by atoms with Crippen LogP contribution in [0.2, 0.25) is 0 Å². The molecule has 5 heteroatoms. The van der Waals surface area contributed by atoms with Gasteiger partial charge in [0, 0.05) is 29.1 Å². The number of carbonyl (C=O) groups excluding carboxylic acids is 1. The van der Waals surface area contributed by atoms with Gasteiger partial charge in [0.2, 0.25) is 0 Å². The van der Waals surface area contributed by atoms with Crippen LogP contribution in [0.1, 0.15) is 31.4 Å². The van der Waals surface area contributed by atoms with Gasteiger partial charge in [-0.15, -0.1) is 0 Å². The van der Waals surface area contributed by atoms with Crippen molar-refractivity contribution < 1.29 is 9.21 Å². The summed E-state index contributed by atoms with van der Waals surface area (Å²) >= 11 is 3.43. The van der Waals surface area contributed by atoms with E-state index in [2.05, 4.69) is 20.9 Å². The number of rotatable bonds is 2. The van der Waals surface area contributed by atoms with E-state index in [1.54, 1.807) is 6.08 Å². The zero-order chi connectivity index (χ0) is 16.5. The summed E-state index contributed by atoms with van der Waals surface area (Å²) in [4.78, 5) is 18.9. The predicted octanol–water partition coefficient (Wildman–Crippen LogP) is 4.86. The molecule has 2 aromatic rings. The Morgan fingerprint density at radius 2 is 1.92 bits per heavy atom. The van der Waals surface area contributed by atoms with Gasteiger partial charge in [0.1, 0.15) is 23.1 Å². The summed E-state index contributed by atoms with van der Waals surface area (Å²) in [5, 5.41) is 0. The van der Waals surface area contributed by atoms with Gasteiger partial charge in [-0.2, -0.15) is 0 Å². The van der Waals surface area contributed by atoms with Gasteiger partial charge in [-0.05, 0) is 37.1 Å². The van der Waals surface area contributed by atoms with Crippen LogP contribution in [-0.2, 0) is 4.79 Å². The third-order valence-corrected chi connectivity index (χ3v) is 4.87. The molecule has 24 heavy (non-hydrogen) atoms. The minimum atomic E-state index is -0.00603. The minimum absolute atomic E-state index is 0.00603. The van der Waals surface area contributed by atoms with Crippen molar-refractivity contribution in [3.8, 4) is 11.3 Å². The third-order valence-electron chi connectivity index (χ3n) is 4.34. The maximum Gasteiger partial charge on any atom is 0.277 e. The zero-order valence-corrected chi connectivity index (χ0v) is 14.8. The SMILES string of the molecule is O=C1/C(=C/c2ccc(-c3ccc(Br)cc3)o2)N=C2CCCCCN12. The molecule has 1 fully saturated rings. The highest BCUT2D eigenvalue weighted by atomic mass is 79.9. The molecule has 0 N–H and O–H groups in total. The first-order valence-corrected chi connectivity index (χ1v) is 8.97. The lowest BCUT2D eigenvalue weighted by Crippen LogP contribution is -2.31. The van der Waals surface area contributed by atoms with E-state index in [-0.39, 0.29) is 5.91 Å². The number of amides is 1. The molecule has 2 aliphatic heterocycles. The topological polar surface area (TPSA) is 45.8 Å². The first-order chi connectivity index (χ1) is 11.7. The van der Waals surface area contributed by atoms with Gasteiger partial charge in [-0.1, -0.05) is 34.5 Å². The Hall–Kier alpha value is -2.14. The molecule has 4 rings (SSSR count). The summed E-state index contributed by atoms with van der Waals surface area (Å²) in [6.45, 7) is 0.775. The number of benzene rings is 1. The fraction of sp³-hybridized carbons (Fsp3) is 0.263. The van der Waals surface area contributed by atoms with E-state index in [9.17, 15) is 4.79 Å². The molecule has 4 nitrogen and oxygen atoms in total. The van der Waals surface area contributed by atoms with Gasteiger partial charge >= 0.3 is 0 Å². The summed E-state index contributed by atoms with van der Waals surface area (Å²) < 4.78 is 6.89. The summed E-state index contributed by atoms with van der Waals surface area (Å²) in [5.74, 6) is 2.33. The van der Waals surface area contributed by atoms with Crippen LogP contribution in [0, 0.1) is 0 Å². The lowest BCUT2D eigenvalue weighted by Gasteiger charge is -2.13. The van der Waals surface area contributed by atoms with Gasteiger partial charge in [0.15, 0.2) is 0 Å². The molecule has 122 valence electrons. The number of aliphatic imine (C=N–C) groups is 1. The molecule has 1 saturated heterocycles. The Bertz CT molecular complexity index is 833. The smallest absolute Gasteiger partial charge is 0.277 e. The molecule has 0 spiro atoms. The number of halogens is 1. The van der Waals surface area contributed by atoms with Gasteiger partial charge < -0.3 is 4.42 Å². The predicted molar refractivity (Wildman–Crippen MR) is 97.4 cm³/mol. The van der Waals surface area contributed by atoms with Crippen molar-refractivity contribution in [1.29, 1.82) is 0 Å². The van der Waals surface area contributed by atoms with Crippen molar-refractivity contribution in [3.63, 3.8) is 0 Å². The number of amidine groups is 1. The van der Waals surface area contributed by atoms with E-state index >= 15 is 0 Å². The van der Waals surface area contributed by atoms with Crippen molar-refractivity contribution in [2.45, 2.75) is 25.7 Å². The second-order valence-corrected chi connectivity index (χ2v) is 6.95. The summed E-state index contributed by atoms with van der Waals surface area (Å²) in [6, 6.07) is 11.7. The molecule has 0 saturated carbocycles. The molecule has 3 heterocycles. The molecule has 0 bridgehead atoms. The van der Waals surface area contributed by atoms with E-state index in [0.717, 1.165) is 53.9 Å². The van der Waals surface area contributed by atoms with Gasteiger partial charge in [0.05, 0.1) is 0 Å². The first-order valence-electron chi connectivity index (χ1n) is 8.17. The maximum atomic E-state index is 12.5. The average molecular weight is 385 g/mol. The quantitative estimate of drug-likeness (QED) is 0.693. The number of furan rings is 1. The summed E-state index contributed by atoms with van der Waals surface area (Å²) in [6.07, 6.45) is 5.94. The summed E-state index contributed by atoms with van der Waals surface area (Å²) in [7, 11) is 0. The van der Waals surface area contributed by atoms with Crippen molar-refractivity contribution >= 4 is 33.7 Å². The van der Waals surface area contributed by atoms with Crippen LogP contribution in [0.3, 0.4) is 0 Å². The maximum absolute atomic E-state index is 12.5. The summed E-state index contributed by atoms with van der Waals surface area (Å²) in [5.41, 5.74) is 1.48. The lowest BCUT2D eigenvalue weighted by atomic mass is 10.2. The average Bonchev–Trinajstić information content (AvgIpc) is 3.07. The van der Waals surface area contributed by atoms with E-state index < -0.39 is 0 Å². The van der Waals surface area contributed by atoms with Crippen LogP contribution in [0.4, 0.5) is 0 Å². The van der Waals surface area contributed by atoms with Crippen molar-refractivity contribution in [2.75, 3.05) is 6.54 Å². The van der Waals surface area contributed by atoms with Crippen LogP contribution in [0.15, 0.2) is 56.0 Å².